The van der Waals surface area contributed by atoms with Gasteiger partial charge < -0.3 is 9.73 Å². The molecule has 5 nitrogen and oxygen atoms in total. The lowest BCUT2D eigenvalue weighted by molar-refractivity contribution is 0.0941. The van der Waals surface area contributed by atoms with E-state index in [1.165, 1.54) is 0 Å². The second-order valence-electron chi connectivity index (χ2n) is 5.56. The summed E-state index contributed by atoms with van der Waals surface area (Å²) < 4.78 is 28.3. The average molecular weight is 319 g/mol. The third-order valence-corrected chi connectivity index (χ3v) is 5.51. The standard InChI is InChI=1S/C16H17NO4S/c1-11-2-7-15(21-11)12-3-5-13(6-4-12)16(18)17-14-8-9-22(19,20)10-14/h2-7,14H,8-10H2,1H3,(H,17,18). The largest absolute Gasteiger partial charge is 0.461 e. The Bertz CT molecular complexity index is 790. The molecule has 1 unspecified atom stereocenters. The lowest BCUT2D eigenvalue weighted by Gasteiger charge is -2.10. The molecule has 116 valence electrons. The normalized spacial score (nSPS) is 20.0. The Morgan fingerprint density at radius 2 is 1.91 bits per heavy atom. The number of aryl methyl sites for hydroxylation is 1. The maximum absolute atomic E-state index is 12.1. The van der Waals surface area contributed by atoms with Crippen LogP contribution in [0.4, 0.5) is 0 Å². The van der Waals surface area contributed by atoms with E-state index < -0.39 is 9.84 Å². The summed E-state index contributed by atoms with van der Waals surface area (Å²) >= 11 is 0. The highest BCUT2D eigenvalue weighted by Crippen LogP contribution is 2.22. The van der Waals surface area contributed by atoms with Gasteiger partial charge in [0.05, 0.1) is 11.5 Å². The van der Waals surface area contributed by atoms with Gasteiger partial charge in [-0.05, 0) is 37.6 Å². The van der Waals surface area contributed by atoms with E-state index in [2.05, 4.69) is 5.32 Å². The molecule has 1 amide bonds. The number of carbonyl (C=O) groups is 1. The minimum atomic E-state index is -2.99. The molecule has 0 aliphatic carbocycles. The molecule has 2 heterocycles. The summed E-state index contributed by atoms with van der Waals surface area (Å²) in [5.74, 6) is 1.52. The topological polar surface area (TPSA) is 76.4 Å². The van der Waals surface area contributed by atoms with Crippen molar-refractivity contribution in [2.75, 3.05) is 11.5 Å². The zero-order chi connectivity index (χ0) is 15.7. The van der Waals surface area contributed by atoms with E-state index in [9.17, 15) is 13.2 Å². The van der Waals surface area contributed by atoms with Crippen LogP contribution < -0.4 is 5.32 Å². The van der Waals surface area contributed by atoms with Crippen LogP contribution in [-0.2, 0) is 9.84 Å². The van der Waals surface area contributed by atoms with Gasteiger partial charge in [-0.1, -0.05) is 12.1 Å². The number of hydrogen-bond donors (Lipinski definition) is 1. The van der Waals surface area contributed by atoms with Crippen LogP contribution in [0.15, 0.2) is 40.8 Å². The molecule has 1 fully saturated rings. The van der Waals surface area contributed by atoms with Crippen LogP contribution in [0.2, 0.25) is 0 Å². The molecule has 22 heavy (non-hydrogen) atoms. The third kappa shape index (κ3) is 3.22. The molecule has 1 saturated heterocycles. The predicted octanol–water partition coefficient (Wildman–Crippen LogP) is 2.17. The molecule has 1 N–H and O–H groups in total. The summed E-state index contributed by atoms with van der Waals surface area (Å²) in [4.78, 5) is 12.1. The first-order valence-corrected chi connectivity index (χ1v) is 8.93. The lowest BCUT2D eigenvalue weighted by Crippen LogP contribution is -2.35. The van der Waals surface area contributed by atoms with Gasteiger partial charge >= 0.3 is 0 Å². The van der Waals surface area contributed by atoms with Crippen LogP contribution in [0.5, 0.6) is 0 Å². The fraction of sp³-hybridized carbons (Fsp3) is 0.312. The van der Waals surface area contributed by atoms with E-state index in [0.29, 0.717) is 12.0 Å². The van der Waals surface area contributed by atoms with Crippen molar-refractivity contribution < 1.29 is 17.6 Å². The summed E-state index contributed by atoms with van der Waals surface area (Å²) in [5.41, 5.74) is 1.41. The summed E-state index contributed by atoms with van der Waals surface area (Å²) in [6.07, 6.45) is 0.484. The van der Waals surface area contributed by atoms with Gasteiger partial charge in [0, 0.05) is 17.2 Å². The quantitative estimate of drug-likeness (QED) is 0.940. The highest BCUT2D eigenvalue weighted by molar-refractivity contribution is 7.91. The van der Waals surface area contributed by atoms with E-state index in [1.54, 1.807) is 12.1 Å². The number of carbonyl (C=O) groups excluding carboxylic acids is 1. The number of rotatable bonds is 3. The summed E-state index contributed by atoms with van der Waals surface area (Å²) in [5, 5.41) is 2.77. The second kappa shape index (κ2) is 5.61. The number of sulfone groups is 1. The van der Waals surface area contributed by atoms with Gasteiger partial charge in [0.25, 0.3) is 5.91 Å². The number of nitrogens with one attached hydrogen (secondary N) is 1. The van der Waals surface area contributed by atoms with Gasteiger partial charge in [-0.3, -0.25) is 4.79 Å². The van der Waals surface area contributed by atoms with Crippen molar-refractivity contribution in [3.63, 3.8) is 0 Å². The molecular formula is C16H17NO4S. The van der Waals surface area contributed by atoms with Crippen LogP contribution in [-0.4, -0.2) is 31.9 Å². The van der Waals surface area contributed by atoms with Gasteiger partial charge in [0.2, 0.25) is 0 Å². The molecular weight excluding hydrogens is 302 g/mol. The monoisotopic (exact) mass is 319 g/mol. The number of amides is 1. The molecule has 0 spiro atoms. The number of hydrogen-bond acceptors (Lipinski definition) is 4. The first-order chi connectivity index (χ1) is 10.4. The zero-order valence-electron chi connectivity index (χ0n) is 12.2. The summed E-state index contributed by atoms with van der Waals surface area (Å²) in [6, 6.07) is 10.5. The van der Waals surface area contributed by atoms with Gasteiger partial charge in [0.1, 0.15) is 11.5 Å². The van der Waals surface area contributed by atoms with Crippen molar-refractivity contribution >= 4 is 15.7 Å². The Labute approximate surface area is 129 Å². The predicted molar refractivity (Wildman–Crippen MR) is 83.4 cm³/mol. The molecule has 0 radical (unpaired) electrons. The van der Waals surface area contributed by atoms with Crippen LogP contribution in [0.25, 0.3) is 11.3 Å². The van der Waals surface area contributed by atoms with Crippen LogP contribution in [0.3, 0.4) is 0 Å². The van der Waals surface area contributed by atoms with Gasteiger partial charge in [0.15, 0.2) is 9.84 Å². The zero-order valence-corrected chi connectivity index (χ0v) is 13.0. The first-order valence-electron chi connectivity index (χ1n) is 7.11. The maximum Gasteiger partial charge on any atom is 0.251 e. The summed E-state index contributed by atoms with van der Waals surface area (Å²) in [7, 11) is -2.99. The fourth-order valence-corrected chi connectivity index (χ4v) is 4.23. The van der Waals surface area contributed by atoms with Crippen molar-refractivity contribution in [1.82, 2.24) is 5.32 Å². The highest BCUT2D eigenvalue weighted by Gasteiger charge is 2.29. The molecule has 1 aromatic heterocycles. The van der Waals surface area contributed by atoms with Crippen molar-refractivity contribution in [3.05, 3.63) is 47.7 Å². The van der Waals surface area contributed by atoms with Crippen molar-refractivity contribution in [2.24, 2.45) is 0 Å². The van der Waals surface area contributed by atoms with Crippen molar-refractivity contribution in [3.8, 4) is 11.3 Å². The van der Waals surface area contributed by atoms with Crippen LogP contribution in [0, 0.1) is 6.92 Å². The van der Waals surface area contributed by atoms with Crippen molar-refractivity contribution in [2.45, 2.75) is 19.4 Å². The van der Waals surface area contributed by atoms with E-state index in [4.69, 9.17) is 4.42 Å². The molecule has 1 atom stereocenters. The van der Waals surface area contributed by atoms with E-state index >= 15 is 0 Å². The average Bonchev–Trinajstić information content (AvgIpc) is 3.05. The Kier molecular flexibility index (Phi) is 3.78. The minimum Gasteiger partial charge on any atom is -0.461 e. The smallest absolute Gasteiger partial charge is 0.251 e. The Hall–Kier alpha value is -2.08. The third-order valence-electron chi connectivity index (χ3n) is 3.74. The molecule has 1 aliphatic rings. The fourth-order valence-electron chi connectivity index (χ4n) is 2.55. The first kappa shape index (κ1) is 14.8. The molecule has 6 heteroatoms. The Balaban J connectivity index is 1.69. The lowest BCUT2D eigenvalue weighted by atomic mass is 10.1. The highest BCUT2D eigenvalue weighted by atomic mass is 32.2. The Morgan fingerprint density at radius 3 is 2.45 bits per heavy atom. The second-order valence-corrected chi connectivity index (χ2v) is 7.79. The molecule has 0 saturated carbocycles. The van der Waals surface area contributed by atoms with Crippen molar-refractivity contribution in [1.29, 1.82) is 0 Å². The van der Waals surface area contributed by atoms with Crippen LogP contribution >= 0.6 is 0 Å². The van der Waals surface area contributed by atoms with E-state index in [1.807, 2.05) is 31.2 Å². The van der Waals surface area contributed by atoms with Gasteiger partial charge in [-0.25, -0.2) is 8.42 Å². The maximum atomic E-state index is 12.1. The number of benzene rings is 1. The summed E-state index contributed by atoms with van der Waals surface area (Å²) in [6.45, 7) is 1.88. The molecule has 0 bridgehead atoms. The Morgan fingerprint density at radius 1 is 1.18 bits per heavy atom. The molecule has 3 rings (SSSR count). The molecule has 2 aromatic rings. The molecule has 1 aliphatic heterocycles. The SMILES string of the molecule is Cc1ccc(-c2ccc(C(=O)NC3CCS(=O)(=O)C3)cc2)o1. The number of furan rings is 1. The van der Waals surface area contributed by atoms with E-state index in [0.717, 1.165) is 17.1 Å². The minimum absolute atomic E-state index is 0.0303. The molecule has 1 aromatic carbocycles. The van der Waals surface area contributed by atoms with E-state index in [-0.39, 0.29) is 23.5 Å². The van der Waals surface area contributed by atoms with Crippen LogP contribution in [0.1, 0.15) is 22.5 Å². The van der Waals surface area contributed by atoms with Gasteiger partial charge in [-0.2, -0.15) is 0 Å². The van der Waals surface area contributed by atoms with Gasteiger partial charge in [-0.15, -0.1) is 0 Å².